The van der Waals surface area contributed by atoms with E-state index in [0.717, 1.165) is 6.26 Å². The van der Waals surface area contributed by atoms with Crippen molar-refractivity contribution in [3.63, 3.8) is 0 Å². The lowest BCUT2D eigenvalue weighted by molar-refractivity contribution is -0.128. The summed E-state index contributed by atoms with van der Waals surface area (Å²) in [5.41, 5.74) is 0.0216. The zero-order valence-electron chi connectivity index (χ0n) is 21.9. The van der Waals surface area contributed by atoms with E-state index in [2.05, 4.69) is 35.6 Å². The van der Waals surface area contributed by atoms with Crippen LogP contribution in [0.5, 0.6) is 0 Å². The van der Waals surface area contributed by atoms with E-state index in [0.29, 0.717) is 18.7 Å². The maximum atomic E-state index is 14.0. The predicted octanol–water partition coefficient (Wildman–Crippen LogP) is 3.28. The minimum absolute atomic E-state index is 0.0156. The predicted molar refractivity (Wildman–Crippen MR) is 144 cm³/mol. The highest BCUT2D eigenvalue weighted by Gasteiger charge is 2.48. The second-order valence-corrected chi connectivity index (χ2v) is 15.9. The van der Waals surface area contributed by atoms with Crippen molar-refractivity contribution in [2.45, 2.75) is 54.0 Å². The summed E-state index contributed by atoms with van der Waals surface area (Å²) in [6.07, 6.45) is 1.52. The summed E-state index contributed by atoms with van der Waals surface area (Å²) in [5, 5.41) is 24.2. The molecule has 0 aliphatic carbocycles. The standard InChI is InChI=1S/C24H37N4O6PS/c1-23(2,3)10-11-28-20(24(4,5)6)19(30)18(22(28)31)21-25-16-9-8-15(27-36(7,33)34)14-17(16)35(32,26-21)13-12-29/h8-9,14,20,27,29-30H,10-13H2,1-7H3,(H,25,26,32)/t20-,35?/m1/s1. The number of amidine groups is 1. The van der Waals surface area contributed by atoms with Crippen LogP contribution in [-0.4, -0.2) is 66.9 Å². The summed E-state index contributed by atoms with van der Waals surface area (Å²) in [5.74, 6) is -0.558. The normalized spacial score (nSPS) is 22.9. The lowest BCUT2D eigenvalue weighted by Gasteiger charge is -2.36. The number of aliphatic hydroxyl groups excluding tert-OH is 2. The lowest BCUT2D eigenvalue weighted by Crippen LogP contribution is -2.45. The molecule has 0 fully saturated rings. The number of rotatable bonds is 7. The van der Waals surface area contributed by atoms with Gasteiger partial charge in [0.15, 0.2) is 0 Å². The molecule has 3 rings (SSSR count). The Morgan fingerprint density at radius 2 is 1.83 bits per heavy atom. The van der Waals surface area contributed by atoms with Gasteiger partial charge in [-0.05, 0) is 35.4 Å². The van der Waals surface area contributed by atoms with E-state index >= 15 is 0 Å². The minimum atomic E-state index is -3.65. The van der Waals surface area contributed by atoms with E-state index in [-0.39, 0.29) is 39.7 Å². The van der Waals surface area contributed by atoms with E-state index in [4.69, 9.17) is 0 Å². The Kier molecular flexibility index (Phi) is 7.45. The number of hydrogen-bond donors (Lipinski definition) is 4. The monoisotopic (exact) mass is 540 g/mol. The molecule has 0 aromatic heterocycles. The molecule has 0 bridgehead atoms. The molecule has 36 heavy (non-hydrogen) atoms. The molecule has 12 heteroatoms. The van der Waals surface area contributed by atoms with Crippen molar-refractivity contribution in [3.8, 4) is 0 Å². The molecule has 2 aliphatic rings. The Labute approximate surface area is 213 Å². The number of nitrogens with zero attached hydrogens (tertiary/aromatic N) is 2. The van der Waals surface area contributed by atoms with E-state index in [9.17, 15) is 28.0 Å². The number of benzene rings is 1. The molecular formula is C24H37N4O6PS. The topological polar surface area (TPSA) is 148 Å². The number of fused-ring (bicyclic) bond motifs is 1. The van der Waals surface area contributed by atoms with Crippen molar-refractivity contribution >= 4 is 45.7 Å². The van der Waals surface area contributed by atoms with Crippen LogP contribution in [0.15, 0.2) is 34.3 Å². The number of aliphatic hydroxyl groups is 2. The van der Waals surface area contributed by atoms with Crippen molar-refractivity contribution in [3.05, 3.63) is 29.5 Å². The molecule has 1 aromatic rings. The Morgan fingerprint density at radius 1 is 1.19 bits per heavy atom. The zero-order valence-corrected chi connectivity index (χ0v) is 23.6. The molecule has 10 nitrogen and oxygen atoms in total. The molecule has 0 spiro atoms. The van der Waals surface area contributed by atoms with Crippen molar-refractivity contribution in [2.75, 3.05) is 35.6 Å². The first-order chi connectivity index (χ1) is 16.4. The summed E-state index contributed by atoms with van der Waals surface area (Å²) < 4.78 is 44.1. The minimum Gasteiger partial charge on any atom is -0.509 e. The summed E-state index contributed by atoms with van der Waals surface area (Å²) in [4.78, 5) is 15.3. The molecule has 0 saturated carbocycles. The average molecular weight is 541 g/mol. The maximum Gasteiger partial charge on any atom is 0.261 e. The zero-order chi connectivity index (χ0) is 27.3. The van der Waals surface area contributed by atoms with Gasteiger partial charge in [-0.1, -0.05) is 41.5 Å². The van der Waals surface area contributed by atoms with Crippen LogP contribution >= 0.6 is 7.29 Å². The Balaban J connectivity index is 2.10. The van der Waals surface area contributed by atoms with Gasteiger partial charge in [-0.15, -0.1) is 0 Å². The molecule has 4 N–H and O–H groups in total. The fraction of sp³-hybridized carbons (Fsp3) is 0.583. The fourth-order valence-electron chi connectivity index (χ4n) is 4.43. The highest BCUT2D eigenvalue weighted by Crippen LogP contribution is 2.52. The van der Waals surface area contributed by atoms with Gasteiger partial charge in [-0.3, -0.25) is 14.1 Å². The van der Waals surface area contributed by atoms with Gasteiger partial charge in [-0.25, -0.2) is 13.2 Å². The van der Waals surface area contributed by atoms with Crippen LogP contribution in [0.1, 0.15) is 48.0 Å². The van der Waals surface area contributed by atoms with Crippen LogP contribution in [0.3, 0.4) is 0 Å². The molecular weight excluding hydrogens is 503 g/mol. The summed E-state index contributed by atoms with van der Waals surface area (Å²) in [7, 11) is -7.23. The number of carbonyl (C=O) groups is 1. The summed E-state index contributed by atoms with van der Waals surface area (Å²) in [6.45, 7) is 12.0. The molecule has 200 valence electrons. The van der Waals surface area contributed by atoms with Gasteiger partial charge < -0.3 is 20.4 Å². The highest BCUT2D eigenvalue weighted by molar-refractivity contribution is 7.92. The van der Waals surface area contributed by atoms with Gasteiger partial charge in [0.1, 0.15) is 17.2 Å². The van der Waals surface area contributed by atoms with E-state index < -0.39 is 41.3 Å². The smallest absolute Gasteiger partial charge is 0.261 e. The first-order valence-corrected chi connectivity index (χ1v) is 15.5. The quantitative estimate of drug-likeness (QED) is 0.388. The van der Waals surface area contributed by atoms with Crippen molar-refractivity contribution in [1.82, 2.24) is 4.90 Å². The van der Waals surface area contributed by atoms with Crippen LogP contribution in [0.25, 0.3) is 0 Å². The van der Waals surface area contributed by atoms with Crippen LogP contribution in [0.4, 0.5) is 11.4 Å². The maximum absolute atomic E-state index is 14.0. The van der Waals surface area contributed by atoms with Gasteiger partial charge in [0.2, 0.25) is 17.3 Å². The lowest BCUT2D eigenvalue weighted by atomic mass is 9.84. The van der Waals surface area contributed by atoms with Crippen LogP contribution in [0.2, 0.25) is 0 Å². The molecule has 0 saturated heterocycles. The molecule has 2 atom stereocenters. The number of nitrogens with one attached hydrogen (secondary N) is 2. The van der Waals surface area contributed by atoms with Crippen molar-refractivity contribution < 1.29 is 28.0 Å². The third-order valence-electron chi connectivity index (χ3n) is 6.06. The highest BCUT2D eigenvalue weighted by atomic mass is 32.2. The third-order valence-corrected chi connectivity index (χ3v) is 9.12. The van der Waals surface area contributed by atoms with Gasteiger partial charge in [0, 0.05) is 18.4 Å². The molecule has 1 amide bonds. The fourth-order valence-corrected chi connectivity index (χ4v) is 7.03. The average Bonchev–Trinajstić information content (AvgIpc) is 2.95. The van der Waals surface area contributed by atoms with Crippen molar-refractivity contribution in [1.29, 1.82) is 0 Å². The second-order valence-electron chi connectivity index (χ2n) is 11.7. The number of sulfonamides is 1. The van der Waals surface area contributed by atoms with Gasteiger partial charge >= 0.3 is 0 Å². The van der Waals surface area contributed by atoms with Crippen LogP contribution in [0, 0.1) is 10.8 Å². The van der Waals surface area contributed by atoms with E-state index in [1.165, 1.54) is 18.2 Å². The summed E-state index contributed by atoms with van der Waals surface area (Å²) in [6, 6.07) is 3.86. The van der Waals surface area contributed by atoms with Crippen LogP contribution in [-0.2, 0) is 19.4 Å². The molecule has 1 aromatic carbocycles. The van der Waals surface area contributed by atoms with Crippen molar-refractivity contribution in [2.24, 2.45) is 15.6 Å². The summed E-state index contributed by atoms with van der Waals surface area (Å²) >= 11 is 0. The Morgan fingerprint density at radius 3 is 2.36 bits per heavy atom. The van der Waals surface area contributed by atoms with Gasteiger partial charge in [-0.2, -0.15) is 0 Å². The number of carbonyl (C=O) groups excluding carboxylic acids is 1. The number of anilines is 2. The molecule has 2 heterocycles. The number of amides is 1. The first kappa shape index (κ1) is 28.2. The third kappa shape index (κ3) is 5.95. The SMILES string of the molecule is CC(C)(C)CCN1C(=O)C(C2=NP(=O)(CCO)c3cc(NS(C)(=O)=O)ccc3N2)=C(O)[C@@H]1C(C)(C)C. The molecule has 2 aliphatic heterocycles. The Hall–Kier alpha value is -2.36. The van der Waals surface area contributed by atoms with Gasteiger partial charge in [0.05, 0.1) is 29.9 Å². The van der Waals surface area contributed by atoms with E-state index in [1.807, 2.05) is 20.8 Å². The number of hydrogen-bond acceptors (Lipinski definition) is 7. The largest absolute Gasteiger partial charge is 0.509 e. The van der Waals surface area contributed by atoms with E-state index in [1.54, 1.807) is 4.90 Å². The van der Waals surface area contributed by atoms with Gasteiger partial charge in [0.25, 0.3) is 5.91 Å². The Bertz CT molecular complexity index is 1270. The van der Waals surface area contributed by atoms with Crippen LogP contribution < -0.4 is 15.3 Å². The molecule has 0 radical (unpaired) electrons. The first-order valence-electron chi connectivity index (χ1n) is 11.8. The second kappa shape index (κ2) is 9.50. The molecule has 1 unspecified atom stereocenters.